The molecule has 6 rings (SSSR count). The number of ether oxygens (including phenoxy) is 1. The fraction of sp³-hybridized carbons (Fsp3) is 0.469. The van der Waals surface area contributed by atoms with Gasteiger partial charge in [-0.05, 0) is 60.6 Å². The van der Waals surface area contributed by atoms with Crippen LogP contribution < -0.4 is 10.6 Å². The van der Waals surface area contributed by atoms with Gasteiger partial charge in [-0.3, -0.25) is 14.4 Å². The van der Waals surface area contributed by atoms with Crippen LogP contribution in [0.15, 0.2) is 60.7 Å². The molecule has 3 amide bonds. The first-order chi connectivity index (χ1) is 19.7. The highest BCUT2D eigenvalue weighted by Gasteiger charge is 2.72. The van der Waals surface area contributed by atoms with Crippen molar-refractivity contribution in [2.24, 2.45) is 23.7 Å². The Kier molecular flexibility index (Phi) is 7.64. The predicted molar refractivity (Wildman–Crippen MR) is 159 cm³/mol. The van der Waals surface area contributed by atoms with Crippen molar-refractivity contribution < 1.29 is 19.1 Å². The van der Waals surface area contributed by atoms with Crippen molar-refractivity contribution in [3.8, 4) is 0 Å². The summed E-state index contributed by atoms with van der Waals surface area (Å²) in [5.41, 5.74) is 0.343. The Morgan fingerprint density at radius 2 is 1.83 bits per heavy atom. The molecule has 0 unspecified atom stereocenters. The first kappa shape index (κ1) is 28.3. The second kappa shape index (κ2) is 11.1. The molecule has 2 N–H and O–H groups in total. The van der Waals surface area contributed by atoms with Crippen LogP contribution in [-0.2, 0) is 25.5 Å². The highest BCUT2D eigenvalue weighted by atomic mass is 35.5. The van der Waals surface area contributed by atoms with Gasteiger partial charge in [-0.25, -0.2) is 0 Å². The third-order valence-corrected chi connectivity index (χ3v) is 10.1. The van der Waals surface area contributed by atoms with Crippen molar-refractivity contribution in [3.63, 3.8) is 0 Å². The summed E-state index contributed by atoms with van der Waals surface area (Å²) in [5, 5.41) is 7.35. The second-order valence-corrected chi connectivity index (χ2v) is 12.9. The molecule has 3 heterocycles. The quantitative estimate of drug-likeness (QED) is 0.427. The maximum atomic E-state index is 14.2. The maximum absolute atomic E-state index is 14.2. The van der Waals surface area contributed by atoms with Gasteiger partial charge in [0.2, 0.25) is 17.7 Å². The number of benzene rings is 2. The van der Waals surface area contributed by atoms with E-state index in [1.807, 2.05) is 36.4 Å². The van der Waals surface area contributed by atoms with Gasteiger partial charge in [-0.15, -0.1) is 0 Å². The molecule has 2 aromatic rings. The Labute approximate surface area is 250 Å². The summed E-state index contributed by atoms with van der Waals surface area (Å²) in [6.45, 7) is 4.72. The Hall–Kier alpha value is -2.87. The van der Waals surface area contributed by atoms with Crippen molar-refractivity contribution in [1.29, 1.82) is 0 Å². The number of halogens is 2. The Balaban J connectivity index is 1.30. The number of nitrogens with zero attached hydrogens (tertiary/aromatic N) is 1. The number of carbonyl (C=O) groups is 3. The smallest absolute Gasteiger partial charge is 0.246 e. The molecular weight excluding hydrogens is 561 g/mol. The zero-order chi connectivity index (χ0) is 28.9. The number of nitrogens with one attached hydrogen (secondary N) is 2. The highest BCUT2D eigenvalue weighted by Crippen LogP contribution is 2.55. The number of amides is 3. The molecule has 1 aliphatic carbocycles. The van der Waals surface area contributed by atoms with Crippen LogP contribution in [0.1, 0.15) is 38.7 Å². The molecule has 1 saturated carbocycles. The third kappa shape index (κ3) is 5.06. The number of hydrogen-bond donors (Lipinski definition) is 2. The monoisotopic (exact) mass is 595 g/mol. The van der Waals surface area contributed by atoms with Crippen molar-refractivity contribution >= 4 is 46.6 Å². The van der Waals surface area contributed by atoms with Crippen LogP contribution in [0.2, 0.25) is 10.0 Å². The number of carbonyl (C=O) groups excluding carboxylic acids is 3. The zero-order valence-corrected chi connectivity index (χ0v) is 24.7. The van der Waals surface area contributed by atoms with Gasteiger partial charge in [0.05, 0.1) is 17.9 Å². The number of fused-ring (bicyclic) bond motifs is 1. The lowest BCUT2D eigenvalue weighted by molar-refractivity contribution is -0.141. The lowest BCUT2D eigenvalue weighted by Gasteiger charge is -2.38. The van der Waals surface area contributed by atoms with Gasteiger partial charge >= 0.3 is 0 Å². The highest BCUT2D eigenvalue weighted by molar-refractivity contribution is 6.31. The second-order valence-electron chi connectivity index (χ2n) is 12.0. The molecule has 2 saturated heterocycles. The molecule has 216 valence electrons. The molecule has 3 aliphatic heterocycles. The standard InChI is InChI=1S/C32H35Cl2N3O4/c1-18-5-3-8-24(19(18)2)36-30(39)28-32-15-13-25(41-32)26(29(38)35-23-7-4-6-22(34)17-23)27(32)31(40)37(28)16-14-20-9-11-21(33)12-10-20/h4,6-7,9-13,15,17-19,24-28H,3,5,8,14,16H2,1-2H3,(H,35,38)(H,36,39)/t18-,19+,24+,25+,26-,27+,28+,32+/m1/s1. The van der Waals surface area contributed by atoms with E-state index in [0.29, 0.717) is 40.5 Å². The first-order valence-corrected chi connectivity index (χ1v) is 15.2. The molecule has 0 radical (unpaired) electrons. The molecule has 2 aromatic carbocycles. The van der Waals surface area contributed by atoms with E-state index in [1.165, 1.54) is 0 Å². The van der Waals surface area contributed by atoms with Crippen LogP contribution in [0, 0.1) is 23.7 Å². The molecule has 7 nitrogen and oxygen atoms in total. The summed E-state index contributed by atoms with van der Waals surface area (Å²) >= 11 is 12.2. The van der Waals surface area contributed by atoms with E-state index in [4.69, 9.17) is 27.9 Å². The summed E-state index contributed by atoms with van der Waals surface area (Å²) in [5.74, 6) is -1.52. The Morgan fingerprint density at radius 1 is 1.05 bits per heavy atom. The Morgan fingerprint density at radius 3 is 2.59 bits per heavy atom. The van der Waals surface area contributed by atoms with Gasteiger partial charge in [-0.1, -0.05) is 80.2 Å². The van der Waals surface area contributed by atoms with E-state index in [9.17, 15) is 14.4 Å². The molecule has 8 atom stereocenters. The largest absolute Gasteiger partial charge is 0.359 e. The lowest BCUT2D eigenvalue weighted by atomic mass is 9.73. The van der Waals surface area contributed by atoms with Crippen LogP contribution in [0.4, 0.5) is 5.69 Å². The van der Waals surface area contributed by atoms with Gasteiger partial charge in [0.1, 0.15) is 11.6 Å². The number of rotatable bonds is 7. The summed E-state index contributed by atoms with van der Waals surface area (Å²) in [6.07, 6.45) is 6.74. The molecule has 0 aromatic heterocycles. The van der Waals surface area contributed by atoms with E-state index in [0.717, 1.165) is 24.8 Å². The third-order valence-electron chi connectivity index (χ3n) is 9.61. The SMILES string of the molecule is C[C@H]1[C@H](C)CCC[C@@H]1NC(=O)[C@@H]1N(CCc2ccc(Cl)cc2)C(=O)[C@@H]2[C@H](C(=O)Nc3cccc(Cl)c3)[C@@H]3C=C[C@]21O3. The topological polar surface area (TPSA) is 87.7 Å². The maximum Gasteiger partial charge on any atom is 0.246 e. The zero-order valence-electron chi connectivity index (χ0n) is 23.2. The molecular formula is C32H35Cl2N3O4. The lowest BCUT2D eigenvalue weighted by Crippen LogP contribution is -2.58. The predicted octanol–water partition coefficient (Wildman–Crippen LogP) is 5.27. The van der Waals surface area contributed by atoms with E-state index in [-0.39, 0.29) is 23.8 Å². The van der Waals surface area contributed by atoms with E-state index >= 15 is 0 Å². The first-order valence-electron chi connectivity index (χ1n) is 14.5. The fourth-order valence-electron chi connectivity index (χ4n) is 7.25. The van der Waals surface area contributed by atoms with E-state index < -0.39 is 29.6 Å². The average Bonchev–Trinajstić information content (AvgIpc) is 3.58. The molecule has 9 heteroatoms. The number of likely N-dealkylation sites (tertiary alicyclic amines) is 1. The minimum absolute atomic E-state index is 0.0272. The summed E-state index contributed by atoms with van der Waals surface area (Å²) in [7, 11) is 0. The van der Waals surface area contributed by atoms with Gasteiger partial charge in [0.15, 0.2) is 0 Å². The van der Waals surface area contributed by atoms with Crippen LogP contribution in [0.3, 0.4) is 0 Å². The Bertz CT molecular complexity index is 1380. The molecule has 41 heavy (non-hydrogen) atoms. The molecule has 4 aliphatic rings. The van der Waals surface area contributed by atoms with Crippen LogP contribution in [0.25, 0.3) is 0 Å². The van der Waals surface area contributed by atoms with Gasteiger partial charge in [0.25, 0.3) is 0 Å². The summed E-state index contributed by atoms with van der Waals surface area (Å²) < 4.78 is 6.48. The van der Waals surface area contributed by atoms with E-state index in [1.54, 1.807) is 29.2 Å². The normalized spacial score (nSPS) is 33.6. The van der Waals surface area contributed by atoms with E-state index in [2.05, 4.69) is 24.5 Å². The van der Waals surface area contributed by atoms with Crippen molar-refractivity contribution in [2.75, 3.05) is 11.9 Å². The van der Waals surface area contributed by atoms with Crippen molar-refractivity contribution in [1.82, 2.24) is 10.2 Å². The minimum atomic E-state index is -1.20. The van der Waals surface area contributed by atoms with Crippen molar-refractivity contribution in [2.45, 2.75) is 63.3 Å². The summed E-state index contributed by atoms with van der Waals surface area (Å²) in [4.78, 5) is 43.6. The van der Waals surface area contributed by atoms with Crippen LogP contribution in [-0.4, -0.2) is 53.0 Å². The molecule has 3 fully saturated rings. The van der Waals surface area contributed by atoms with Crippen molar-refractivity contribution in [3.05, 3.63) is 76.3 Å². The summed E-state index contributed by atoms with van der Waals surface area (Å²) in [6, 6.07) is 13.5. The van der Waals surface area contributed by atoms with Crippen LogP contribution in [0.5, 0.6) is 0 Å². The van der Waals surface area contributed by atoms with Gasteiger partial charge in [-0.2, -0.15) is 0 Å². The number of anilines is 1. The fourth-order valence-corrected chi connectivity index (χ4v) is 7.56. The molecule has 1 spiro atoms. The van der Waals surface area contributed by atoms with Gasteiger partial charge < -0.3 is 20.3 Å². The minimum Gasteiger partial charge on any atom is -0.359 e. The average molecular weight is 597 g/mol. The van der Waals surface area contributed by atoms with Gasteiger partial charge in [0, 0.05) is 28.3 Å². The van der Waals surface area contributed by atoms with Crippen LogP contribution >= 0.6 is 23.2 Å². The number of hydrogen-bond acceptors (Lipinski definition) is 4. The molecule has 2 bridgehead atoms.